The molecule has 0 amide bonds. The van der Waals surface area contributed by atoms with E-state index in [0.717, 1.165) is 88.4 Å². The van der Waals surface area contributed by atoms with Crippen molar-refractivity contribution < 1.29 is 8.83 Å². The molecule has 12 aromatic rings. The summed E-state index contributed by atoms with van der Waals surface area (Å²) in [6, 6.07) is 80.0. The van der Waals surface area contributed by atoms with Gasteiger partial charge in [-0.2, -0.15) is 0 Å². The summed E-state index contributed by atoms with van der Waals surface area (Å²) in [4.78, 5) is 2.37. The average Bonchev–Trinajstić information content (AvgIpc) is 3.91. The first-order valence-corrected chi connectivity index (χ1v) is 20.7. The van der Waals surface area contributed by atoms with E-state index in [2.05, 4.69) is 217 Å². The van der Waals surface area contributed by atoms with Crippen LogP contribution in [0.2, 0.25) is 0 Å². The third-order valence-electron chi connectivity index (χ3n) is 12.1. The van der Waals surface area contributed by atoms with Crippen LogP contribution in [-0.4, -0.2) is 0 Å². The van der Waals surface area contributed by atoms with E-state index in [0.29, 0.717) is 0 Å². The van der Waals surface area contributed by atoms with Gasteiger partial charge in [0.2, 0.25) is 0 Å². The second-order valence-corrected chi connectivity index (χ2v) is 15.6. The second kappa shape index (κ2) is 14.3. The molecule has 0 radical (unpaired) electrons. The Kier molecular flexibility index (Phi) is 8.17. The summed E-state index contributed by atoms with van der Waals surface area (Å²) in [6.07, 6.45) is 0. The highest BCUT2D eigenvalue weighted by Crippen LogP contribution is 2.46. The fourth-order valence-corrected chi connectivity index (χ4v) is 9.13. The van der Waals surface area contributed by atoms with E-state index in [1.807, 2.05) is 12.1 Å². The fraction of sp³-hybridized carbons (Fsp3) is 0. The summed E-state index contributed by atoms with van der Waals surface area (Å²) in [5, 5.41) is 6.67. The predicted octanol–water partition coefficient (Wildman–Crippen LogP) is 16.8. The monoisotopic (exact) mass is 779 g/mol. The number of benzene rings is 10. The number of anilines is 3. The maximum atomic E-state index is 6.72. The summed E-state index contributed by atoms with van der Waals surface area (Å²) in [7, 11) is 0. The molecule has 0 aliphatic heterocycles. The van der Waals surface area contributed by atoms with E-state index in [9.17, 15) is 0 Å². The van der Waals surface area contributed by atoms with Crippen molar-refractivity contribution in [1.29, 1.82) is 0 Å². The SMILES string of the molecule is c1ccc(-c2ccc(-c3ccc(N(c4cccc(-c5ccc6c(c5)oc5ccccc56)c4)c4cccc5oc6c7ccccc7ccc6c45)cc3)c(-c3ccccc3)c2)cc1. The third-order valence-corrected chi connectivity index (χ3v) is 12.1. The first-order chi connectivity index (χ1) is 30.2. The lowest BCUT2D eigenvalue weighted by Crippen LogP contribution is -2.10. The molecule has 0 bridgehead atoms. The van der Waals surface area contributed by atoms with Crippen LogP contribution in [0, 0.1) is 0 Å². The summed E-state index contributed by atoms with van der Waals surface area (Å²) < 4.78 is 13.1. The van der Waals surface area contributed by atoms with Crippen molar-refractivity contribution in [2.24, 2.45) is 0 Å². The molecule has 3 heteroatoms. The largest absolute Gasteiger partial charge is 0.456 e. The van der Waals surface area contributed by atoms with E-state index >= 15 is 0 Å². The maximum absolute atomic E-state index is 6.72. The number of fused-ring (bicyclic) bond motifs is 8. The normalized spacial score (nSPS) is 11.6. The molecule has 2 aromatic heterocycles. The van der Waals surface area contributed by atoms with Crippen molar-refractivity contribution in [3.8, 4) is 44.5 Å². The van der Waals surface area contributed by atoms with Gasteiger partial charge in [0.15, 0.2) is 0 Å². The van der Waals surface area contributed by atoms with Crippen LogP contribution in [-0.2, 0) is 0 Å². The lowest BCUT2D eigenvalue weighted by Gasteiger charge is -2.27. The first-order valence-electron chi connectivity index (χ1n) is 20.7. The van der Waals surface area contributed by atoms with Gasteiger partial charge in [-0.25, -0.2) is 0 Å². The number of furan rings is 2. The lowest BCUT2D eigenvalue weighted by atomic mass is 9.91. The highest BCUT2D eigenvalue weighted by molar-refractivity contribution is 6.19. The molecule has 61 heavy (non-hydrogen) atoms. The highest BCUT2D eigenvalue weighted by Gasteiger charge is 2.21. The first kappa shape index (κ1) is 34.9. The molecule has 0 spiro atoms. The van der Waals surface area contributed by atoms with Crippen molar-refractivity contribution in [3.05, 3.63) is 224 Å². The van der Waals surface area contributed by atoms with Gasteiger partial charge in [-0.05, 0) is 117 Å². The second-order valence-electron chi connectivity index (χ2n) is 15.6. The third kappa shape index (κ3) is 5.98. The number of hydrogen-bond donors (Lipinski definition) is 0. The zero-order valence-electron chi connectivity index (χ0n) is 33.1. The molecule has 3 nitrogen and oxygen atoms in total. The van der Waals surface area contributed by atoms with E-state index < -0.39 is 0 Å². The zero-order chi connectivity index (χ0) is 40.3. The van der Waals surface area contributed by atoms with Gasteiger partial charge in [0.25, 0.3) is 0 Å². The van der Waals surface area contributed by atoms with Crippen molar-refractivity contribution in [2.45, 2.75) is 0 Å². The minimum atomic E-state index is 0.850. The Morgan fingerprint density at radius 1 is 0.295 bits per heavy atom. The highest BCUT2D eigenvalue weighted by atomic mass is 16.3. The predicted molar refractivity (Wildman–Crippen MR) is 255 cm³/mol. The van der Waals surface area contributed by atoms with E-state index in [1.165, 1.54) is 27.8 Å². The van der Waals surface area contributed by atoms with E-state index in [-0.39, 0.29) is 0 Å². The molecular weight excluding hydrogens is 743 g/mol. The molecule has 0 unspecified atom stereocenters. The van der Waals surface area contributed by atoms with Gasteiger partial charge in [-0.3, -0.25) is 0 Å². The van der Waals surface area contributed by atoms with Gasteiger partial charge in [0.1, 0.15) is 22.3 Å². The topological polar surface area (TPSA) is 29.5 Å². The van der Waals surface area contributed by atoms with Crippen molar-refractivity contribution in [3.63, 3.8) is 0 Å². The van der Waals surface area contributed by atoms with E-state index in [1.54, 1.807) is 0 Å². The smallest absolute Gasteiger partial charge is 0.143 e. The van der Waals surface area contributed by atoms with Gasteiger partial charge >= 0.3 is 0 Å². The van der Waals surface area contributed by atoms with Gasteiger partial charge in [0.05, 0.1) is 11.1 Å². The molecule has 0 saturated heterocycles. The Balaban J connectivity index is 1.03. The number of para-hydroxylation sites is 1. The van der Waals surface area contributed by atoms with Crippen LogP contribution < -0.4 is 4.90 Å². The fourth-order valence-electron chi connectivity index (χ4n) is 9.13. The molecule has 0 aliphatic rings. The van der Waals surface area contributed by atoms with Crippen LogP contribution in [0.5, 0.6) is 0 Å². The molecule has 0 atom stereocenters. The Labute approximate surface area is 353 Å². The van der Waals surface area contributed by atoms with Crippen LogP contribution in [0.4, 0.5) is 17.1 Å². The summed E-state index contributed by atoms with van der Waals surface area (Å²) in [5.74, 6) is 0. The molecule has 0 N–H and O–H groups in total. The maximum Gasteiger partial charge on any atom is 0.143 e. The summed E-state index contributed by atoms with van der Waals surface area (Å²) in [6.45, 7) is 0. The average molecular weight is 780 g/mol. The van der Waals surface area contributed by atoms with E-state index in [4.69, 9.17) is 8.83 Å². The molecule has 10 aromatic carbocycles. The van der Waals surface area contributed by atoms with Crippen molar-refractivity contribution >= 4 is 71.7 Å². The number of rotatable bonds is 7. The Morgan fingerprint density at radius 2 is 0.902 bits per heavy atom. The lowest BCUT2D eigenvalue weighted by molar-refractivity contribution is 0.669. The molecule has 0 aliphatic carbocycles. The van der Waals surface area contributed by atoms with Crippen molar-refractivity contribution in [2.75, 3.05) is 4.90 Å². The summed E-state index contributed by atoms with van der Waals surface area (Å²) in [5.41, 5.74) is 15.9. The van der Waals surface area contributed by atoms with Crippen LogP contribution >= 0.6 is 0 Å². The van der Waals surface area contributed by atoms with Crippen LogP contribution in [0.3, 0.4) is 0 Å². The van der Waals surface area contributed by atoms with Crippen LogP contribution in [0.25, 0.3) is 99.2 Å². The van der Waals surface area contributed by atoms with Crippen molar-refractivity contribution in [1.82, 2.24) is 0 Å². The summed E-state index contributed by atoms with van der Waals surface area (Å²) >= 11 is 0. The molecule has 2 heterocycles. The molecule has 286 valence electrons. The number of nitrogens with zero attached hydrogens (tertiary/aromatic N) is 1. The number of hydrogen-bond acceptors (Lipinski definition) is 3. The molecule has 0 fully saturated rings. The standard InChI is InChI=1S/C58H37NO2/c1-3-13-38(14-4-1)43-28-32-47(52(36-43)39-15-5-2-6-16-39)41-25-30-45(31-26-41)59(53-22-12-24-55-57(53)51-34-27-40-17-7-8-20-48(40)58(51)61-55)46-19-11-18-42(35-46)44-29-33-50-49-21-9-10-23-54(49)60-56(50)37-44/h1-37H. The zero-order valence-corrected chi connectivity index (χ0v) is 33.1. The quantitative estimate of drug-likeness (QED) is 0.161. The molecular formula is C58H37NO2. The Bertz CT molecular complexity index is 3580. The Hall–Kier alpha value is -8.14. The molecule has 12 rings (SSSR count). The van der Waals surface area contributed by atoms with Crippen LogP contribution in [0.15, 0.2) is 233 Å². The Morgan fingerprint density at radius 3 is 1.75 bits per heavy atom. The molecule has 0 saturated carbocycles. The van der Waals surface area contributed by atoms with Gasteiger partial charge < -0.3 is 13.7 Å². The van der Waals surface area contributed by atoms with Gasteiger partial charge in [0, 0.05) is 32.9 Å². The van der Waals surface area contributed by atoms with Crippen LogP contribution in [0.1, 0.15) is 0 Å². The minimum Gasteiger partial charge on any atom is -0.456 e. The van der Waals surface area contributed by atoms with Gasteiger partial charge in [-0.15, -0.1) is 0 Å². The minimum absolute atomic E-state index is 0.850. The van der Waals surface area contributed by atoms with Gasteiger partial charge in [-0.1, -0.05) is 158 Å².